The molecule has 0 heterocycles. The van der Waals surface area contributed by atoms with E-state index in [9.17, 15) is 13.6 Å². The quantitative estimate of drug-likeness (QED) is 0.457. The fourth-order valence-corrected chi connectivity index (χ4v) is 2.82. The summed E-state index contributed by atoms with van der Waals surface area (Å²) in [5.41, 5.74) is 7.72. The molecule has 1 amide bonds. The van der Waals surface area contributed by atoms with Crippen LogP contribution in [0.1, 0.15) is 32.6 Å². The number of nitrogens with zero attached hydrogens (tertiary/aromatic N) is 1. The fourth-order valence-electron chi connectivity index (χ4n) is 2.82. The van der Waals surface area contributed by atoms with Gasteiger partial charge in [-0.3, -0.25) is 10.2 Å². The lowest BCUT2D eigenvalue weighted by molar-refractivity contribution is -0.111. The Hall–Kier alpha value is -4.05. The van der Waals surface area contributed by atoms with Gasteiger partial charge in [-0.05, 0) is 48.5 Å². The summed E-state index contributed by atoms with van der Waals surface area (Å²) in [6.07, 6.45) is 0. The van der Waals surface area contributed by atoms with Crippen molar-refractivity contribution < 1.29 is 19.0 Å². The van der Waals surface area contributed by atoms with Gasteiger partial charge in [-0.25, -0.2) is 8.78 Å². The number of halogens is 2. The fraction of sp³-hybridized carbons (Fsp3) is 0.0455. The molecule has 29 heavy (non-hydrogen) atoms. The lowest BCUT2D eigenvalue weighted by Crippen LogP contribution is -2.41. The number of nitrogens with one attached hydrogen (secondary N) is 1. The normalized spacial score (nSPS) is 10.2. The Kier molecular flexibility index (Phi) is 5.65. The summed E-state index contributed by atoms with van der Waals surface area (Å²) in [7, 11) is 0. The van der Waals surface area contributed by atoms with E-state index in [1.807, 2.05) is 6.07 Å². The molecule has 0 fully saturated rings. The maximum Gasteiger partial charge on any atom is 0.251 e. The topological polar surface area (TPSA) is 104 Å². The highest BCUT2D eigenvalue weighted by molar-refractivity contribution is 6.12. The Morgan fingerprint density at radius 3 is 2.52 bits per heavy atom. The average Bonchev–Trinajstić information content (AvgIpc) is 2.72. The van der Waals surface area contributed by atoms with Crippen LogP contribution in [0.4, 0.5) is 14.5 Å². The highest BCUT2D eigenvalue weighted by Crippen LogP contribution is 2.21. The van der Waals surface area contributed by atoms with E-state index in [2.05, 4.69) is 5.32 Å². The zero-order valence-electron chi connectivity index (χ0n) is 15.2. The van der Waals surface area contributed by atoms with E-state index in [1.54, 1.807) is 24.3 Å². The van der Waals surface area contributed by atoms with Gasteiger partial charge in [-0.2, -0.15) is 5.26 Å². The average molecular weight is 391 g/mol. The number of nitrogens with two attached hydrogens (primary N) is 2. The van der Waals surface area contributed by atoms with E-state index >= 15 is 0 Å². The van der Waals surface area contributed by atoms with E-state index in [1.165, 1.54) is 30.3 Å². The van der Waals surface area contributed by atoms with Crippen molar-refractivity contribution in [2.45, 2.75) is 6.54 Å². The second-order valence-electron chi connectivity index (χ2n) is 6.33. The summed E-state index contributed by atoms with van der Waals surface area (Å²) < 4.78 is 27.8. The number of carbonyl (C=O) groups is 1. The third kappa shape index (κ3) is 4.45. The number of hydrogen-bond donors (Lipinski definition) is 3. The number of rotatable bonds is 5. The van der Waals surface area contributed by atoms with Gasteiger partial charge in [-0.15, -0.1) is 0 Å². The zero-order valence-corrected chi connectivity index (χ0v) is 15.2. The van der Waals surface area contributed by atoms with Crippen LogP contribution in [-0.4, -0.2) is 11.6 Å². The van der Waals surface area contributed by atoms with Crippen molar-refractivity contribution in [3.05, 3.63) is 100 Å². The molecule has 5 N–H and O–H groups in total. The Bertz CT molecular complexity index is 1150. The molecular formula is C22H17F2N4O+. The van der Waals surface area contributed by atoms with Gasteiger partial charge < -0.3 is 11.1 Å². The van der Waals surface area contributed by atoms with Crippen LogP contribution >= 0.6 is 0 Å². The number of hydrogen-bond acceptors (Lipinski definition) is 3. The molecule has 0 aliphatic heterocycles. The van der Waals surface area contributed by atoms with Crippen LogP contribution in [0.2, 0.25) is 0 Å². The van der Waals surface area contributed by atoms with Crippen LogP contribution in [0.25, 0.3) is 0 Å². The minimum Gasteiger partial charge on any atom is -0.398 e. The Morgan fingerprint density at radius 2 is 1.79 bits per heavy atom. The van der Waals surface area contributed by atoms with Crippen LogP contribution in [0.3, 0.4) is 0 Å². The van der Waals surface area contributed by atoms with Crippen LogP contribution in [-0.2, 0) is 6.54 Å². The highest BCUT2D eigenvalue weighted by Gasteiger charge is 2.18. The van der Waals surface area contributed by atoms with Gasteiger partial charge in [0, 0.05) is 28.9 Å². The predicted octanol–water partition coefficient (Wildman–Crippen LogP) is 1.95. The van der Waals surface area contributed by atoms with Gasteiger partial charge in [0.1, 0.15) is 11.6 Å². The molecule has 0 bridgehead atoms. The van der Waals surface area contributed by atoms with Crippen molar-refractivity contribution in [1.29, 1.82) is 5.26 Å². The number of nitrogen functional groups attached to an aromatic ring is 1. The van der Waals surface area contributed by atoms with Gasteiger partial charge >= 0.3 is 0 Å². The number of anilines is 1. The van der Waals surface area contributed by atoms with E-state index in [0.717, 1.165) is 6.07 Å². The number of benzene rings is 3. The minimum atomic E-state index is -0.607. The summed E-state index contributed by atoms with van der Waals surface area (Å²) in [5.74, 6) is -1.52. The first-order chi connectivity index (χ1) is 13.9. The molecule has 7 heteroatoms. The molecule has 144 valence electrons. The lowest BCUT2D eigenvalue weighted by Gasteiger charge is -2.11. The molecule has 3 aromatic rings. The van der Waals surface area contributed by atoms with Crippen molar-refractivity contribution in [3.8, 4) is 6.07 Å². The summed E-state index contributed by atoms with van der Waals surface area (Å²) in [6, 6.07) is 16.3. The SMILES string of the molecule is N#Cc1cccc(C(=O)NCc2cc(C(=[NH2+])c3cccc(F)c3)c(N)cc2F)c1. The summed E-state index contributed by atoms with van der Waals surface area (Å²) in [6.45, 7) is -0.120. The van der Waals surface area contributed by atoms with Crippen molar-refractivity contribution in [1.82, 2.24) is 5.32 Å². The van der Waals surface area contributed by atoms with E-state index in [0.29, 0.717) is 16.7 Å². The van der Waals surface area contributed by atoms with Crippen molar-refractivity contribution in [3.63, 3.8) is 0 Å². The Balaban J connectivity index is 1.83. The molecule has 0 aromatic heterocycles. The standard InChI is InChI=1S/C22H16F2N4O/c23-17-6-2-4-14(8-17)21(27)18-9-16(19(24)10-20(18)26)12-28-22(29)15-5-1-3-13(7-15)11-25/h1-10,27H,12,26H2,(H,28,29)/p+1. The lowest BCUT2D eigenvalue weighted by atomic mass is 9.98. The molecule has 0 radical (unpaired) electrons. The van der Waals surface area contributed by atoms with Crippen LogP contribution in [0, 0.1) is 23.0 Å². The maximum atomic E-state index is 14.3. The van der Waals surface area contributed by atoms with E-state index < -0.39 is 17.5 Å². The largest absolute Gasteiger partial charge is 0.398 e. The molecule has 3 aromatic carbocycles. The van der Waals surface area contributed by atoms with E-state index in [-0.39, 0.29) is 29.1 Å². The Labute approximate surface area is 165 Å². The summed E-state index contributed by atoms with van der Waals surface area (Å²) in [5, 5.41) is 17.6. The molecule has 0 saturated carbocycles. The summed E-state index contributed by atoms with van der Waals surface area (Å²) >= 11 is 0. The molecular weight excluding hydrogens is 374 g/mol. The molecule has 0 atom stereocenters. The number of nitriles is 1. The maximum absolute atomic E-state index is 14.3. The van der Waals surface area contributed by atoms with Gasteiger partial charge in [0.05, 0.1) is 17.2 Å². The first-order valence-corrected chi connectivity index (χ1v) is 8.64. The third-order valence-electron chi connectivity index (χ3n) is 4.34. The highest BCUT2D eigenvalue weighted by atomic mass is 19.1. The molecule has 0 aliphatic rings. The second kappa shape index (κ2) is 8.31. The van der Waals surface area contributed by atoms with Gasteiger partial charge in [0.25, 0.3) is 5.91 Å². The second-order valence-corrected chi connectivity index (χ2v) is 6.33. The zero-order chi connectivity index (χ0) is 21.0. The van der Waals surface area contributed by atoms with Crippen LogP contribution in [0.5, 0.6) is 0 Å². The summed E-state index contributed by atoms with van der Waals surface area (Å²) in [4.78, 5) is 12.3. The Morgan fingerprint density at radius 1 is 1.07 bits per heavy atom. The van der Waals surface area contributed by atoms with Crippen molar-refractivity contribution in [2.75, 3.05) is 5.73 Å². The number of amides is 1. The van der Waals surface area contributed by atoms with E-state index in [4.69, 9.17) is 16.4 Å². The number of carbonyl (C=O) groups excluding carboxylic acids is 1. The van der Waals surface area contributed by atoms with Crippen molar-refractivity contribution >= 4 is 17.3 Å². The molecule has 3 rings (SSSR count). The third-order valence-corrected chi connectivity index (χ3v) is 4.34. The van der Waals surface area contributed by atoms with Crippen LogP contribution in [0.15, 0.2) is 60.7 Å². The molecule has 0 aliphatic carbocycles. The van der Waals surface area contributed by atoms with Gasteiger partial charge in [0.15, 0.2) is 0 Å². The monoisotopic (exact) mass is 391 g/mol. The molecule has 0 saturated heterocycles. The van der Waals surface area contributed by atoms with Crippen molar-refractivity contribution in [2.24, 2.45) is 0 Å². The van der Waals surface area contributed by atoms with Crippen LogP contribution < -0.4 is 16.5 Å². The van der Waals surface area contributed by atoms with Gasteiger partial charge in [-0.1, -0.05) is 12.1 Å². The predicted molar refractivity (Wildman–Crippen MR) is 105 cm³/mol. The first kappa shape index (κ1) is 19.7. The molecule has 0 spiro atoms. The smallest absolute Gasteiger partial charge is 0.251 e. The molecule has 5 nitrogen and oxygen atoms in total. The van der Waals surface area contributed by atoms with Gasteiger partial charge in [0.2, 0.25) is 5.71 Å². The minimum absolute atomic E-state index is 0.0982. The molecule has 0 unspecified atom stereocenters. The first-order valence-electron chi connectivity index (χ1n) is 8.64.